The number of nitrogen functional groups attached to an aromatic ring is 1. The van der Waals surface area contributed by atoms with Crippen molar-refractivity contribution in [2.45, 2.75) is 18.9 Å². The lowest BCUT2D eigenvalue weighted by Crippen LogP contribution is -2.04. The van der Waals surface area contributed by atoms with Crippen LogP contribution in [-0.4, -0.2) is 24.9 Å². The normalized spacial score (nSPS) is 13.7. The number of nitriles is 1. The molecule has 1 aliphatic carbocycles. The van der Waals surface area contributed by atoms with Crippen molar-refractivity contribution in [3.63, 3.8) is 0 Å². The molecule has 1 fully saturated rings. The van der Waals surface area contributed by atoms with Crippen molar-refractivity contribution in [2.24, 2.45) is 0 Å². The van der Waals surface area contributed by atoms with Gasteiger partial charge in [0, 0.05) is 30.3 Å². The van der Waals surface area contributed by atoms with E-state index in [0.717, 1.165) is 46.4 Å². The standard InChI is InChI=1S/C21H21N3O2/c1-25-10-11-26-17-8-9-18-19(13-22)21(14-2-4-15(23)5-3-14)24(16-6-7-16)20(18)12-17/h2-5,8-9,12,16H,6-7,10-11,23H2,1H3. The molecule has 1 saturated carbocycles. The fraction of sp³-hybridized carbons (Fsp3) is 0.286. The second kappa shape index (κ2) is 6.74. The first-order valence-corrected chi connectivity index (χ1v) is 8.78. The maximum Gasteiger partial charge on any atom is 0.121 e. The van der Waals surface area contributed by atoms with Gasteiger partial charge in [-0.25, -0.2) is 0 Å². The van der Waals surface area contributed by atoms with Crippen LogP contribution >= 0.6 is 0 Å². The number of aromatic nitrogens is 1. The number of ether oxygens (including phenoxy) is 2. The molecule has 0 amide bonds. The first-order chi connectivity index (χ1) is 12.7. The van der Waals surface area contributed by atoms with Crippen molar-refractivity contribution in [3.8, 4) is 23.1 Å². The molecule has 0 spiro atoms. The Kier molecular flexibility index (Phi) is 4.27. The minimum Gasteiger partial charge on any atom is -0.491 e. The smallest absolute Gasteiger partial charge is 0.121 e. The SMILES string of the molecule is COCCOc1ccc2c(C#N)c(-c3ccc(N)cc3)n(C3CC3)c2c1. The van der Waals surface area contributed by atoms with Crippen LogP contribution in [0.3, 0.4) is 0 Å². The molecule has 3 aromatic rings. The van der Waals surface area contributed by atoms with E-state index in [1.807, 2.05) is 42.5 Å². The highest BCUT2D eigenvalue weighted by atomic mass is 16.5. The zero-order valence-corrected chi connectivity index (χ0v) is 14.7. The predicted molar refractivity (Wildman–Crippen MR) is 102 cm³/mol. The Hall–Kier alpha value is -2.97. The summed E-state index contributed by atoms with van der Waals surface area (Å²) in [6, 6.07) is 16.5. The van der Waals surface area contributed by atoms with Gasteiger partial charge in [-0.15, -0.1) is 0 Å². The second-order valence-corrected chi connectivity index (χ2v) is 6.58. The topological polar surface area (TPSA) is 73.2 Å². The van der Waals surface area contributed by atoms with Crippen LogP contribution in [0, 0.1) is 11.3 Å². The lowest BCUT2D eigenvalue weighted by Gasteiger charge is -2.11. The van der Waals surface area contributed by atoms with Crippen LogP contribution in [0.25, 0.3) is 22.2 Å². The van der Waals surface area contributed by atoms with E-state index in [1.54, 1.807) is 7.11 Å². The third-order valence-electron chi connectivity index (χ3n) is 4.74. The van der Waals surface area contributed by atoms with Crippen LogP contribution in [0.1, 0.15) is 24.4 Å². The second-order valence-electron chi connectivity index (χ2n) is 6.58. The van der Waals surface area contributed by atoms with Crippen LogP contribution < -0.4 is 10.5 Å². The maximum atomic E-state index is 9.85. The van der Waals surface area contributed by atoms with Gasteiger partial charge in [0.15, 0.2) is 0 Å². The van der Waals surface area contributed by atoms with Gasteiger partial charge in [-0.1, -0.05) is 12.1 Å². The summed E-state index contributed by atoms with van der Waals surface area (Å²) in [5.41, 5.74) is 10.3. The van der Waals surface area contributed by atoms with E-state index in [1.165, 1.54) is 0 Å². The quantitative estimate of drug-likeness (QED) is 0.538. The number of methoxy groups -OCH3 is 1. The molecule has 0 unspecified atom stereocenters. The van der Waals surface area contributed by atoms with Gasteiger partial charge in [-0.3, -0.25) is 0 Å². The highest BCUT2D eigenvalue weighted by Gasteiger charge is 2.30. The molecule has 0 aliphatic heterocycles. The molecule has 4 rings (SSSR count). The Morgan fingerprint density at radius 1 is 1.15 bits per heavy atom. The number of rotatable bonds is 6. The van der Waals surface area contributed by atoms with Gasteiger partial charge in [-0.05, 0) is 42.7 Å². The van der Waals surface area contributed by atoms with Crippen molar-refractivity contribution in [1.29, 1.82) is 5.26 Å². The maximum absolute atomic E-state index is 9.85. The molecule has 26 heavy (non-hydrogen) atoms. The fourth-order valence-corrected chi connectivity index (χ4v) is 3.37. The summed E-state index contributed by atoms with van der Waals surface area (Å²) < 4.78 is 13.1. The molecular weight excluding hydrogens is 326 g/mol. The summed E-state index contributed by atoms with van der Waals surface area (Å²) in [6.45, 7) is 1.05. The van der Waals surface area contributed by atoms with Crippen molar-refractivity contribution in [3.05, 3.63) is 48.0 Å². The minimum atomic E-state index is 0.432. The Balaban J connectivity index is 1.88. The van der Waals surface area contributed by atoms with E-state index in [0.29, 0.717) is 24.8 Å². The van der Waals surface area contributed by atoms with E-state index >= 15 is 0 Å². The zero-order chi connectivity index (χ0) is 18.1. The van der Waals surface area contributed by atoms with Gasteiger partial charge in [0.05, 0.1) is 23.4 Å². The molecule has 0 bridgehead atoms. The molecule has 0 saturated heterocycles. The zero-order valence-electron chi connectivity index (χ0n) is 14.7. The van der Waals surface area contributed by atoms with Gasteiger partial charge in [0.2, 0.25) is 0 Å². The van der Waals surface area contributed by atoms with E-state index in [4.69, 9.17) is 15.2 Å². The molecule has 1 heterocycles. The Morgan fingerprint density at radius 2 is 1.92 bits per heavy atom. The summed E-state index contributed by atoms with van der Waals surface area (Å²) in [7, 11) is 1.66. The summed E-state index contributed by atoms with van der Waals surface area (Å²) in [4.78, 5) is 0. The molecule has 132 valence electrons. The van der Waals surface area contributed by atoms with Gasteiger partial charge >= 0.3 is 0 Å². The van der Waals surface area contributed by atoms with E-state index in [2.05, 4.69) is 10.6 Å². The molecule has 5 heteroatoms. The summed E-state index contributed by atoms with van der Waals surface area (Å²) in [5.74, 6) is 0.794. The fourth-order valence-electron chi connectivity index (χ4n) is 3.37. The first-order valence-electron chi connectivity index (χ1n) is 8.78. The minimum absolute atomic E-state index is 0.432. The summed E-state index contributed by atoms with van der Waals surface area (Å²) in [6.07, 6.45) is 2.26. The van der Waals surface area contributed by atoms with Gasteiger partial charge in [-0.2, -0.15) is 5.26 Å². The average molecular weight is 347 g/mol. The number of nitrogens with two attached hydrogens (primary N) is 1. The van der Waals surface area contributed by atoms with Crippen LogP contribution in [0.4, 0.5) is 5.69 Å². The average Bonchev–Trinajstić information content (AvgIpc) is 3.44. The number of benzene rings is 2. The van der Waals surface area contributed by atoms with Crippen LogP contribution in [0.5, 0.6) is 5.75 Å². The highest BCUT2D eigenvalue weighted by molar-refractivity contribution is 5.95. The third kappa shape index (κ3) is 2.89. The summed E-state index contributed by atoms with van der Waals surface area (Å²) >= 11 is 0. The highest BCUT2D eigenvalue weighted by Crippen LogP contribution is 2.45. The van der Waals surface area contributed by atoms with E-state index in [-0.39, 0.29) is 0 Å². The number of hydrogen-bond acceptors (Lipinski definition) is 4. The Labute approximate surface area is 152 Å². The number of hydrogen-bond donors (Lipinski definition) is 1. The van der Waals surface area contributed by atoms with Gasteiger partial charge < -0.3 is 19.8 Å². The number of nitrogens with zero attached hydrogens (tertiary/aromatic N) is 2. The summed E-state index contributed by atoms with van der Waals surface area (Å²) in [5, 5.41) is 10.8. The van der Waals surface area contributed by atoms with Crippen molar-refractivity contribution >= 4 is 16.6 Å². The van der Waals surface area contributed by atoms with E-state index < -0.39 is 0 Å². The van der Waals surface area contributed by atoms with Gasteiger partial charge in [0.1, 0.15) is 18.4 Å². The van der Waals surface area contributed by atoms with Crippen LogP contribution in [0.2, 0.25) is 0 Å². The Bertz CT molecular complexity index is 979. The molecule has 0 radical (unpaired) electrons. The molecule has 5 nitrogen and oxygen atoms in total. The lowest BCUT2D eigenvalue weighted by atomic mass is 10.1. The van der Waals surface area contributed by atoms with Crippen LogP contribution in [0.15, 0.2) is 42.5 Å². The molecule has 1 aromatic heterocycles. The number of fused-ring (bicyclic) bond motifs is 1. The third-order valence-corrected chi connectivity index (χ3v) is 4.74. The van der Waals surface area contributed by atoms with Crippen molar-refractivity contribution in [1.82, 2.24) is 4.57 Å². The van der Waals surface area contributed by atoms with Crippen molar-refractivity contribution < 1.29 is 9.47 Å². The monoisotopic (exact) mass is 347 g/mol. The molecule has 2 N–H and O–H groups in total. The van der Waals surface area contributed by atoms with Crippen molar-refractivity contribution in [2.75, 3.05) is 26.1 Å². The van der Waals surface area contributed by atoms with E-state index in [9.17, 15) is 5.26 Å². The molecule has 2 aromatic carbocycles. The largest absolute Gasteiger partial charge is 0.491 e. The molecule has 1 aliphatic rings. The lowest BCUT2D eigenvalue weighted by molar-refractivity contribution is 0.146. The van der Waals surface area contributed by atoms with Crippen LogP contribution in [-0.2, 0) is 4.74 Å². The first kappa shape index (κ1) is 16.5. The Morgan fingerprint density at radius 3 is 2.58 bits per heavy atom. The molecule has 0 atom stereocenters. The predicted octanol–water partition coefficient (Wildman–Crippen LogP) is 4.12. The van der Waals surface area contributed by atoms with Gasteiger partial charge in [0.25, 0.3) is 0 Å². The number of anilines is 1. The molecular formula is C21H21N3O2.